The van der Waals surface area contributed by atoms with Crippen molar-refractivity contribution < 1.29 is 13.2 Å². The predicted molar refractivity (Wildman–Crippen MR) is 60.6 cm³/mol. The summed E-state index contributed by atoms with van der Waals surface area (Å²) >= 11 is 0. The minimum Gasteiger partial charge on any atom is -0.330 e. The Bertz CT molecular complexity index is 419. The van der Waals surface area contributed by atoms with Crippen LogP contribution in [0.5, 0.6) is 0 Å². The van der Waals surface area contributed by atoms with E-state index in [9.17, 15) is 13.2 Å². The molecule has 1 saturated carbocycles. The van der Waals surface area contributed by atoms with Gasteiger partial charge >= 0.3 is 6.18 Å². The van der Waals surface area contributed by atoms with Crippen LogP contribution in [0.25, 0.3) is 0 Å². The van der Waals surface area contributed by atoms with Crippen molar-refractivity contribution in [3.8, 4) is 0 Å². The van der Waals surface area contributed by atoms with Gasteiger partial charge in [0.05, 0.1) is 5.56 Å². The number of alkyl halides is 3. The van der Waals surface area contributed by atoms with Gasteiger partial charge in [-0.1, -0.05) is 26.0 Å². The molecule has 1 aliphatic carbocycles. The van der Waals surface area contributed by atoms with E-state index in [2.05, 4.69) is 13.8 Å². The topological polar surface area (TPSA) is 26.0 Å². The molecule has 0 heterocycles. The molecule has 94 valence electrons. The van der Waals surface area contributed by atoms with Crippen LogP contribution in [0.4, 0.5) is 13.2 Å². The third-order valence-electron chi connectivity index (χ3n) is 4.03. The largest absolute Gasteiger partial charge is 0.416 e. The molecule has 0 aromatic heterocycles. The SMILES string of the molecule is CC1(C)CC1(CN)c1ccc(C(F)(F)F)cc1. The molecule has 1 nitrogen and oxygen atoms in total. The normalized spacial score (nSPS) is 26.9. The van der Waals surface area contributed by atoms with Crippen LogP contribution in [0.15, 0.2) is 24.3 Å². The van der Waals surface area contributed by atoms with E-state index < -0.39 is 11.7 Å². The van der Waals surface area contributed by atoms with E-state index in [4.69, 9.17) is 5.73 Å². The predicted octanol–water partition coefficient (Wildman–Crippen LogP) is 3.33. The first-order valence-corrected chi connectivity index (χ1v) is 5.61. The van der Waals surface area contributed by atoms with E-state index in [0.717, 1.165) is 24.1 Å². The lowest BCUT2D eigenvalue weighted by Crippen LogP contribution is -2.25. The van der Waals surface area contributed by atoms with Crippen LogP contribution in [0.2, 0.25) is 0 Å². The molecule has 2 rings (SSSR count). The number of hydrogen-bond donors (Lipinski definition) is 1. The van der Waals surface area contributed by atoms with Crippen LogP contribution >= 0.6 is 0 Å². The van der Waals surface area contributed by atoms with Crippen LogP contribution in [0.3, 0.4) is 0 Å². The molecule has 1 atom stereocenters. The zero-order chi connectivity index (χ0) is 12.9. The lowest BCUT2D eigenvalue weighted by molar-refractivity contribution is -0.137. The summed E-state index contributed by atoms with van der Waals surface area (Å²) in [5.41, 5.74) is 6.03. The quantitative estimate of drug-likeness (QED) is 0.847. The molecule has 0 bridgehead atoms. The summed E-state index contributed by atoms with van der Waals surface area (Å²) in [6, 6.07) is 5.40. The number of halogens is 3. The van der Waals surface area contributed by atoms with Gasteiger partial charge in [-0.25, -0.2) is 0 Å². The molecule has 1 fully saturated rings. The Balaban J connectivity index is 2.31. The highest BCUT2D eigenvalue weighted by Crippen LogP contribution is 2.63. The Morgan fingerprint density at radius 1 is 1.18 bits per heavy atom. The zero-order valence-electron chi connectivity index (χ0n) is 9.93. The molecule has 1 unspecified atom stereocenters. The van der Waals surface area contributed by atoms with Crippen molar-refractivity contribution in [3.63, 3.8) is 0 Å². The maximum atomic E-state index is 12.4. The second-order valence-corrected chi connectivity index (χ2v) is 5.42. The van der Waals surface area contributed by atoms with Crippen molar-refractivity contribution in [2.24, 2.45) is 11.1 Å². The molecule has 0 spiro atoms. The Morgan fingerprint density at radius 2 is 1.65 bits per heavy atom. The standard InChI is InChI=1S/C13H16F3N/c1-11(2)7-12(11,8-17)9-3-5-10(6-4-9)13(14,15)16/h3-6H,7-8,17H2,1-2H3. The van der Waals surface area contributed by atoms with Crippen molar-refractivity contribution in [1.29, 1.82) is 0 Å². The van der Waals surface area contributed by atoms with Crippen LogP contribution in [-0.2, 0) is 11.6 Å². The first-order chi connectivity index (χ1) is 7.73. The Labute approximate surface area is 98.8 Å². The highest BCUT2D eigenvalue weighted by molar-refractivity contribution is 5.39. The molecule has 17 heavy (non-hydrogen) atoms. The number of benzene rings is 1. The zero-order valence-corrected chi connectivity index (χ0v) is 9.93. The van der Waals surface area contributed by atoms with E-state index in [-0.39, 0.29) is 10.8 Å². The summed E-state index contributed by atoms with van der Waals surface area (Å²) in [4.78, 5) is 0. The number of hydrogen-bond acceptors (Lipinski definition) is 1. The first kappa shape index (κ1) is 12.4. The molecule has 0 amide bonds. The maximum absolute atomic E-state index is 12.4. The smallest absolute Gasteiger partial charge is 0.330 e. The summed E-state index contributed by atoms with van der Waals surface area (Å²) in [6.45, 7) is 4.67. The second kappa shape index (κ2) is 3.48. The molecule has 0 radical (unpaired) electrons. The number of nitrogens with two attached hydrogens (primary N) is 1. The molecule has 4 heteroatoms. The third kappa shape index (κ3) is 1.84. The molecule has 1 aliphatic rings. The van der Waals surface area contributed by atoms with E-state index >= 15 is 0 Å². The summed E-state index contributed by atoms with van der Waals surface area (Å²) < 4.78 is 37.3. The van der Waals surface area contributed by atoms with E-state index in [0.29, 0.717) is 6.54 Å². The molecule has 1 aromatic carbocycles. The molecule has 1 aromatic rings. The van der Waals surface area contributed by atoms with Gasteiger partial charge in [0.1, 0.15) is 0 Å². The monoisotopic (exact) mass is 243 g/mol. The average Bonchev–Trinajstić information content (AvgIpc) is 2.81. The molecular formula is C13H16F3N. The lowest BCUT2D eigenvalue weighted by atomic mass is 9.87. The van der Waals surface area contributed by atoms with Crippen LogP contribution in [0.1, 0.15) is 31.4 Å². The van der Waals surface area contributed by atoms with Gasteiger partial charge in [0.25, 0.3) is 0 Å². The fraction of sp³-hybridized carbons (Fsp3) is 0.538. The van der Waals surface area contributed by atoms with Crippen molar-refractivity contribution in [2.45, 2.75) is 31.9 Å². The van der Waals surface area contributed by atoms with Gasteiger partial charge in [-0.2, -0.15) is 13.2 Å². The van der Waals surface area contributed by atoms with Crippen LogP contribution in [-0.4, -0.2) is 6.54 Å². The van der Waals surface area contributed by atoms with Gasteiger partial charge in [0.2, 0.25) is 0 Å². The lowest BCUT2D eigenvalue weighted by Gasteiger charge is -2.19. The summed E-state index contributed by atoms with van der Waals surface area (Å²) in [7, 11) is 0. The fourth-order valence-corrected chi connectivity index (χ4v) is 2.65. The summed E-state index contributed by atoms with van der Waals surface area (Å²) in [5.74, 6) is 0. The Hall–Kier alpha value is -1.03. The maximum Gasteiger partial charge on any atom is 0.416 e. The van der Waals surface area contributed by atoms with E-state index in [1.54, 1.807) is 12.1 Å². The highest BCUT2D eigenvalue weighted by atomic mass is 19.4. The van der Waals surface area contributed by atoms with E-state index in [1.165, 1.54) is 0 Å². The highest BCUT2D eigenvalue weighted by Gasteiger charge is 2.60. The van der Waals surface area contributed by atoms with Crippen molar-refractivity contribution in [1.82, 2.24) is 0 Å². The van der Waals surface area contributed by atoms with Gasteiger partial charge in [-0.05, 0) is 29.5 Å². The van der Waals surface area contributed by atoms with Gasteiger partial charge in [-0.3, -0.25) is 0 Å². The molecule has 2 N–H and O–H groups in total. The molecule has 0 saturated heterocycles. The molecule has 0 aliphatic heterocycles. The van der Waals surface area contributed by atoms with Gasteiger partial charge < -0.3 is 5.73 Å². The van der Waals surface area contributed by atoms with Crippen molar-refractivity contribution in [2.75, 3.05) is 6.54 Å². The van der Waals surface area contributed by atoms with Gasteiger partial charge in [-0.15, -0.1) is 0 Å². The first-order valence-electron chi connectivity index (χ1n) is 5.61. The summed E-state index contributed by atoms with van der Waals surface area (Å²) in [5, 5.41) is 0. The average molecular weight is 243 g/mol. The van der Waals surface area contributed by atoms with Gasteiger partial charge in [0, 0.05) is 12.0 Å². The molecular weight excluding hydrogens is 227 g/mol. The van der Waals surface area contributed by atoms with E-state index in [1.807, 2.05) is 0 Å². The van der Waals surface area contributed by atoms with Crippen molar-refractivity contribution in [3.05, 3.63) is 35.4 Å². The van der Waals surface area contributed by atoms with Crippen LogP contribution < -0.4 is 5.73 Å². The van der Waals surface area contributed by atoms with Gasteiger partial charge in [0.15, 0.2) is 0 Å². The number of rotatable bonds is 2. The summed E-state index contributed by atoms with van der Waals surface area (Å²) in [6.07, 6.45) is -3.34. The minimum atomic E-state index is -4.27. The fourth-order valence-electron chi connectivity index (χ4n) is 2.65. The van der Waals surface area contributed by atoms with Crippen LogP contribution in [0, 0.1) is 5.41 Å². The Morgan fingerprint density at radius 3 is 1.94 bits per heavy atom. The minimum absolute atomic E-state index is 0.0848. The second-order valence-electron chi connectivity index (χ2n) is 5.42. The Kier molecular flexibility index (Phi) is 2.54. The third-order valence-corrected chi connectivity index (χ3v) is 4.03. The van der Waals surface area contributed by atoms with Crippen molar-refractivity contribution >= 4 is 0 Å².